The molecule has 0 saturated heterocycles. The Morgan fingerprint density at radius 2 is 2.23 bits per heavy atom. The largest absolute Gasteiger partial charge is 0.399 e. The number of nitrogens with one attached hydrogen (secondary N) is 1. The van der Waals surface area contributed by atoms with Crippen molar-refractivity contribution in [3.8, 4) is 11.4 Å². The monoisotopic (exact) mass is 239 g/mol. The highest BCUT2D eigenvalue weighted by Gasteiger charge is 2.06. The molecule has 66 valence electrons. The van der Waals surface area contributed by atoms with Crippen LogP contribution in [-0.4, -0.2) is 20.6 Å². The summed E-state index contributed by atoms with van der Waals surface area (Å²) in [4.78, 5) is 0. The van der Waals surface area contributed by atoms with E-state index in [1.165, 1.54) is 0 Å². The quantitative estimate of drug-likeness (QED) is 0.734. The average molecular weight is 240 g/mol. The van der Waals surface area contributed by atoms with E-state index in [2.05, 4.69) is 36.6 Å². The highest BCUT2D eigenvalue weighted by Crippen LogP contribution is 2.26. The third-order valence-electron chi connectivity index (χ3n) is 1.59. The molecule has 0 atom stereocenters. The topological polar surface area (TPSA) is 80.5 Å². The van der Waals surface area contributed by atoms with Gasteiger partial charge in [-0.3, -0.25) is 0 Å². The van der Waals surface area contributed by atoms with Crippen LogP contribution in [0.25, 0.3) is 11.4 Å². The molecule has 1 aromatic heterocycles. The Hall–Kier alpha value is -1.43. The Bertz CT molecular complexity index is 411. The molecule has 0 aliphatic carbocycles. The van der Waals surface area contributed by atoms with E-state index in [0.717, 1.165) is 10.0 Å². The zero-order chi connectivity index (χ0) is 9.26. The van der Waals surface area contributed by atoms with Crippen LogP contribution in [0.4, 0.5) is 5.69 Å². The molecule has 0 aliphatic rings. The molecule has 0 spiro atoms. The second kappa shape index (κ2) is 3.14. The molecule has 0 aliphatic heterocycles. The summed E-state index contributed by atoms with van der Waals surface area (Å²) >= 11 is 3.38. The Morgan fingerprint density at radius 3 is 2.92 bits per heavy atom. The van der Waals surface area contributed by atoms with Gasteiger partial charge in [-0.1, -0.05) is 15.9 Å². The predicted octanol–water partition coefficient (Wildman–Crippen LogP) is 1.21. The molecule has 13 heavy (non-hydrogen) atoms. The van der Waals surface area contributed by atoms with Crippen LogP contribution >= 0.6 is 15.9 Å². The predicted molar refractivity (Wildman–Crippen MR) is 51.7 cm³/mol. The van der Waals surface area contributed by atoms with Gasteiger partial charge in [-0.25, -0.2) is 5.10 Å². The third kappa shape index (κ3) is 1.52. The van der Waals surface area contributed by atoms with Gasteiger partial charge < -0.3 is 5.73 Å². The van der Waals surface area contributed by atoms with Gasteiger partial charge in [-0.15, -0.1) is 5.10 Å². The summed E-state index contributed by atoms with van der Waals surface area (Å²) in [5, 5.41) is 13.4. The van der Waals surface area contributed by atoms with Crippen molar-refractivity contribution in [2.45, 2.75) is 0 Å². The standard InChI is InChI=1S/C7H6BrN5/c8-6-2-1-4(9)3-5(6)7-10-12-13-11-7/h1-3H,9H2,(H,10,11,12,13). The number of aromatic amines is 1. The molecule has 0 radical (unpaired) electrons. The van der Waals surface area contributed by atoms with Gasteiger partial charge in [0.2, 0.25) is 0 Å². The van der Waals surface area contributed by atoms with E-state index in [1.54, 1.807) is 12.1 Å². The first-order valence-corrected chi connectivity index (χ1v) is 4.36. The summed E-state index contributed by atoms with van der Waals surface area (Å²) in [6.45, 7) is 0. The first kappa shape index (κ1) is 8.18. The minimum Gasteiger partial charge on any atom is -0.399 e. The Kier molecular flexibility index (Phi) is 1.97. The fourth-order valence-electron chi connectivity index (χ4n) is 0.998. The lowest BCUT2D eigenvalue weighted by atomic mass is 10.2. The van der Waals surface area contributed by atoms with Crippen LogP contribution < -0.4 is 5.73 Å². The van der Waals surface area contributed by atoms with Crippen LogP contribution in [0, 0.1) is 0 Å². The molecule has 0 bridgehead atoms. The lowest BCUT2D eigenvalue weighted by Gasteiger charge is -2.00. The molecule has 6 heteroatoms. The number of benzene rings is 1. The number of aromatic nitrogens is 4. The summed E-state index contributed by atoms with van der Waals surface area (Å²) in [5.41, 5.74) is 7.16. The number of nitrogens with zero attached hydrogens (tertiary/aromatic N) is 3. The normalized spacial score (nSPS) is 10.2. The first-order valence-electron chi connectivity index (χ1n) is 3.56. The molecule has 5 nitrogen and oxygen atoms in total. The van der Waals surface area contributed by atoms with E-state index in [1.807, 2.05) is 6.07 Å². The van der Waals surface area contributed by atoms with Crippen molar-refractivity contribution >= 4 is 21.6 Å². The summed E-state index contributed by atoms with van der Waals surface area (Å²) in [6.07, 6.45) is 0. The van der Waals surface area contributed by atoms with E-state index < -0.39 is 0 Å². The van der Waals surface area contributed by atoms with E-state index in [0.29, 0.717) is 11.5 Å². The fourth-order valence-corrected chi connectivity index (χ4v) is 1.43. The fraction of sp³-hybridized carbons (Fsp3) is 0. The smallest absolute Gasteiger partial charge is 0.180 e. The number of anilines is 1. The first-order chi connectivity index (χ1) is 6.27. The van der Waals surface area contributed by atoms with Crippen molar-refractivity contribution in [1.82, 2.24) is 20.6 Å². The third-order valence-corrected chi connectivity index (χ3v) is 2.28. The zero-order valence-corrected chi connectivity index (χ0v) is 8.12. The highest BCUT2D eigenvalue weighted by molar-refractivity contribution is 9.10. The Balaban J connectivity index is 2.57. The van der Waals surface area contributed by atoms with Crippen LogP contribution in [0.15, 0.2) is 22.7 Å². The number of rotatable bonds is 1. The van der Waals surface area contributed by atoms with E-state index in [-0.39, 0.29) is 0 Å². The molecule has 1 heterocycles. The van der Waals surface area contributed by atoms with E-state index in [9.17, 15) is 0 Å². The van der Waals surface area contributed by atoms with Gasteiger partial charge in [0.15, 0.2) is 5.82 Å². The minimum absolute atomic E-state index is 0.596. The number of H-pyrrole nitrogens is 1. The number of tetrazole rings is 1. The maximum atomic E-state index is 5.63. The van der Waals surface area contributed by atoms with E-state index >= 15 is 0 Å². The molecule has 2 rings (SSSR count). The molecular weight excluding hydrogens is 234 g/mol. The summed E-state index contributed by atoms with van der Waals surface area (Å²) < 4.78 is 0.903. The summed E-state index contributed by atoms with van der Waals surface area (Å²) in [6, 6.07) is 5.46. The molecule has 0 saturated carbocycles. The second-order valence-corrected chi connectivity index (χ2v) is 3.34. The molecule has 0 fully saturated rings. The molecular formula is C7H6BrN5. The van der Waals surface area contributed by atoms with Crippen LogP contribution in [0.3, 0.4) is 0 Å². The molecule has 1 aromatic carbocycles. The van der Waals surface area contributed by atoms with Crippen molar-refractivity contribution in [3.05, 3.63) is 22.7 Å². The van der Waals surface area contributed by atoms with Crippen molar-refractivity contribution in [2.75, 3.05) is 5.73 Å². The van der Waals surface area contributed by atoms with Crippen molar-refractivity contribution in [2.24, 2.45) is 0 Å². The van der Waals surface area contributed by atoms with Gasteiger partial charge >= 0.3 is 0 Å². The minimum atomic E-state index is 0.596. The van der Waals surface area contributed by atoms with Crippen LogP contribution in [0.2, 0.25) is 0 Å². The SMILES string of the molecule is Nc1ccc(Br)c(-c2nnn[nH]2)c1. The van der Waals surface area contributed by atoms with Crippen molar-refractivity contribution in [3.63, 3.8) is 0 Å². The van der Waals surface area contributed by atoms with Gasteiger partial charge in [0.1, 0.15) is 0 Å². The Labute approximate surface area is 82.5 Å². The lowest BCUT2D eigenvalue weighted by Crippen LogP contribution is -1.88. The van der Waals surface area contributed by atoms with Gasteiger partial charge in [-0.2, -0.15) is 0 Å². The molecule has 0 unspecified atom stereocenters. The highest BCUT2D eigenvalue weighted by atomic mass is 79.9. The van der Waals surface area contributed by atoms with Gasteiger partial charge in [-0.05, 0) is 28.6 Å². The lowest BCUT2D eigenvalue weighted by molar-refractivity contribution is 0.881. The van der Waals surface area contributed by atoms with E-state index in [4.69, 9.17) is 5.73 Å². The number of hydrogen-bond donors (Lipinski definition) is 2. The summed E-state index contributed by atoms with van der Waals surface area (Å²) in [7, 11) is 0. The number of nitrogen functional groups attached to an aromatic ring is 1. The second-order valence-electron chi connectivity index (χ2n) is 2.49. The van der Waals surface area contributed by atoms with Crippen LogP contribution in [0.1, 0.15) is 0 Å². The number of nitrogens with two attached hydrogens (primary N) is 1. The summed E-state index contributed by atoms with van der Waals surface area (Å²) in [5.74, 6) is 0.596. The zero-order valence-electron chi connectivity index (χ0n) is 6.53. The van der Waals surface area contributed by atoms with Gasteiger partial charge in [0.25, 0.3) is 0 Å². The molecule has 2 aromatic rings. The maximum Gasteiger partial charge on any atom is 0.180 e. The number of hydrogen-bond acceptors (Lipinski definition) is 4. The molecule has 0 amide bonds. The van der Waals surface area contributed by atoms with Crippen molar-refractivity contribution in [1.29, 1.82) is 0 Å². The van der Waals surface area contributed by atoms with Crippen LogP contribution in [-0.2, 0) is 0 Å². The van der Waals surface area contributed by atoms with Crippen LogP contribution in [0.5, 0.6) is 0 Å². The van der Waals surface area contributed by atoms with Crippen molar-refractivity contribution < 1.29 is 0 Å². The Morgan fingerprint density at radius 1 is 1.38 bits per heavy atom. The average Bonchev–Trinajstić information content (AvgIpc) is 2.61. The molecule has 3 N–H and O–H groups in total. The number of halogens is 1. The maximum absolute atomic E-state index is 5.63. The van der Waals surface area contributed by atoms with Gasteiger partial charge in [0.05, 0.1) is 0 Å². The van der Waals surface area contributed by atoms with Gasteiger partial charge in [0, 0.05) is 15.7 Å².